The van der Waals surface area contributed by atoms with Gasteiger partial charge in [-0.05, 0) is 82.9 Å². The lowest BCUT2D eigenvalue weighted by Crippen LogP contribution is -2.39. The molecule has 3 aromatic rings. The van der Waals surface area contributed by atoms with Gasteiger partial charge in [0.2, 0.25) is 0 Å². The van der Waals surface area contributed by atoms with Crippen LogP contribution in [0.25, 0.3) is 10.9 Å². The number of methoxy groups -OCH3 is 1. The molecule has 0 aliphatic carbocycles. The molecule has 2 heterocycles. The van der Waals surface area contributed by atoms with E-state index in [4.69, 9.17) is 14.2 Å². The van der Waals surface area contributed by atoms with Crippen LogP contribution in [0.15, 0.2) is 42.6 Å². The number of carboxylic acid groups (broad SMARTS) is 1. The maximum Gasteiger partial charge on any atom is 0.419 e. The van der Waals surface area contributed by atoms with Crippen LogP contribution in [0.2, 0.25) is 0 Å². The second-order valence-electron chi connectivity index (χ2n) is 10.8. The minimum atomic E-state index is -0.939. The van der Waals surface area contributed by atoms with Crippen LogP contribution in [0.3, 0.4) is 0 Å². The number of benzene rings is 2. The Kier molecular flexibility index (Phi) is 8.13. The summed E-state index contributed by atoms with van der Waals surface area (Å²) in [5, 5.41) is 10.3. The van der Waals surface area contributed by atoms with Crippen LogP contribution in [0.5, 0.6) is 5.75 Å². The lowest BCUT2D eigenvalue weighted by Gasteiger charge is -2.40. The second-order valence-corrected chi connectivity index (χ2v) is 10.8. The summed E-state index contributed by atoms with van der Waals surface area (Å²) in [6.07, 6.45) is 3.18. The molecule has 0 spiro atoms. The number of ether oxygens (including phenoxy) is 3. The molecule has 1 saturated heterocycles. The van der Waals surface area contributed by atoms with Crippen molar-refractivity contribution >= 4 is 23.0 Å². The summed E-state index contributed by atoms with van der Waals surface area (Å²) in [7, 11) is 1.67. The molecule has 0 saturated carbocycles. The summed E-state index contributed by atoms with van der Waals surface area (Å²) in [5.74, 6) is -0.172. The van der Waals surface area contributed by atoms with Gasteiger partial charge in [-0.2, -0.15) is 0 Å². The van der Waals surface area contributed by atoms with Gasteiger partial charge in [0.1, 0.15) is 11.4 Å². The van der Waals surface area contributed by atoms with E-state index in [0.29, 0.717) is 13.2 Å². The van der Waals surface area contributed by atoms with Gasteiger partial charge in [-0.1, -0.05) is 12.1 Å². The van der Waals surface area contributed by atoms with E-state index >= 15 is 0 Å². The molecule has 1 aliphatic heterocycles. The standard InChI is InChI=1S/C30H38N2O6/c1-7-37-22-12-14-31(25(17-22)20-8-10-21(11-9-20)28(33)34)18-24-23-13-15-32(29(35)38-30(3,4)5)27(23)19(2)16-26(24)36-6/h8-11,13,15-16,22,25H,7,12,14,17-18H2,1-6H3,(H,33,34)/t22-,25-/m0/s1. The number of fused-ring (bicyclic) bond motifs is 1. The number of aryl methyl sites for hydroxylation is 1. The van der Waals surface area contributed by atoms with E-state index in [1.165, 1.54) is 0 Å². The van der Waals surface area contributed by atoms with Crippen LogP contribution in [0.1, 0.15) is 73.6 Å². The lowest BCUT2D eigenvalue weighted by molar-refractivity contribution is -0.0138. The highest BCUT2D eigenvalue weighted by molar-refractivity contribution is 5.95. The molecule has 2 atom stereocenters. The van der Waals surface area contributed by atoms with Gasteiger partial charge in [0.05, 0.1) is 24.3 Å². The Labute approximate surface area is 224 Å². The van der Waals surface area contributed by atoms with Crippen molar-refractivity contribution in [2.75, 3.05) is 20.3 Å². The number of aromatic carboxylic acids is 1. The Bertz CT molecular complexity index is 1310. The van der Waals surface area contributed by atoms with Crippen molar-refractivity contribution in [2.45, 2.75) is 71.8 Å². The average Bonchev–Trinajstić information content (AvgIpc) is 3.32. The van der Waals surface area contributed by atoms with E-state index in [-0.39, 0.29) is 17.7 Å². The summed E-state index contributed by atoms with van der Waals surface area (Å²) in [5.41, 5.74) is 3.44. The molecular weight excluding hydrogens is 484 g/mol. The van der Waals surface area contributed by atoms with Crippen molar-refractivity contribution in [1.82, 2.24) is 9.47 Å². The summed E-state index contributed by atoms with van der Waals surface area (Å²) in [6.45, 7) is 11.6. The van der Waals surface area contributed by atoms with Gasteiger partial charge in [-0.3, -0.25) is 9.47 Å². The number of carbonyl (C=O) groups excluding carboxylic acids is 1. The van der Waals surface area contributed by atoms with E-state index in [9.17, 15) is 14.7 Å². The molecule has 1 aliphatic rings. The fourth-order valence-corrected chi connectivity index (χ4v) is 5.33. The molecule has 204 valence electrons. The number of rotatable bonds is 7. The quantitative estimate of drug-likeness (QED) is 0.396. The largest absolute Gasteiger partial charge is 0.496 e. The van der Waals surface area contributed by atoms with Crippen LogP contribution in [0, 0.1) is 6.92 Å². The third kappa shape index (κ3) is 5.87. The van der Waals surface area contributed by atoms with Crippen molar-refractivity contribution in [3.8, 4) is 5.75 Å². The minimum absolute atomic E-state index is 0.0390. The number of hydrogen-bond acceptors (Lipinski definition) is 6. The van der Waals surface area contributed by atoms with Gasteiger partial charge < -0.3 is 19.3 Å². The molecule has 8 heteroatoms. The topological polar surface area (TPSA) is 90.2 Å². The van der Waals surface area contributed by atoms with Crippen LogP contribution >= 0.6 is 0 Å². The zero-order valence-corrected chi connectivity index (χ0v) is 23.1. The molecule has 1 aromatic heterocycles. The number of nitrogens with zero attached hydrogens (tertiary/aromatic N) is 2. The number of likely N-dealkylation sites (tertiary alicyclic amines) is 1. The number of hydrogen-bond donors (Lipinski definition) is 1. The Morgan fingerprint density at radius 2 is 1.84 bits per heavy atom. The first-order valence-electron chi connectivity index (χ1n) is 13.1. The highest BCUT2D eigenvalue weighted by Gasteiger charge is 2.32. The molecular formula is C30H38N2O6. The van der Waals surface area contributed by atoms with Crippen molar-refractivity contribution in [1.29, 1.82) is 0 Å². The SMILES string of the molecule is CCO[C@H]1CCN(Cc2c(OC)cc(C)c3c2ccn3C(=O)OC(C)(C)C)[C@H](c2ccc(C(=O)O)cc2)C1. The fraction of sp³-hybridized carbons (Fsp3) is 0.467. The zero-order valence-electron chi connectivity index (χ0n) is 23.1. The normalized spacial score (nSPS) is 18.5. The maximum absolute atomic E-state index is 13.0. The Balaban J connectivity index is 1.73. The van der Waals surface area contributed by atoms with Crippen LogP contribution in [0.4, 0.5) is 4.79 Å². The van der Waals surface area contributed by atoms with Crippen molar-refractivity contribution in [3.63, 3.8) is 0 Å². The number of carbonyl (C=O) groups is 2. The molecule has 0 unspecified atom stereocenters. The van der Waals surface area contributed by atoms with Gasteiger partial charge in [-0.25, -0.2) is 9.59 Å². The van der Waals surface area contributed by atoms with Crippen molar-refractivity contribution in [3.05, 3.63) is 64.8 Å². The molecule has 1 N–H and O–H groups in total. The predicted molar refractivity (Wildman–Crippen MR) is 146 cm³/mol. The van der Waals surface area contributed by atoms with Gasteiger partial charge in [0.25, 0.3) is 0 Å². The molecule has 0 bridgehead atoms. The van der Waals surface area contributed by atoms with Crippen molar-refractivity contribution in [2.24, 2.45) is 0 Å². The lowest BCUT2D eigenvalue weighted by atomic mass is 9.91. The number of aromatic nitrogens is 1. The molecule has 0 amide bonds. The second kappa shape index (κ2) is 11.2. The van der Waals surface area contributed by atoms with Gasteiger partial charge >= 0.3 is 12.1 Å². The number of carboxylic acids is 1. The maximum atomic E-state index is 13.0. The first kappa shape index (κ1) is 27.7. The summed E-state index contributed by atoms with van der Waals surface area (Å²) in [6, 6.07) is 11.1. The molecule has 38 heavy (non-hydrogen) atoms. The zero-order chi connectivity index (χ0) is 27.6. The Morgan fingerprint density at radius 1 is 1.13 bits per heavy atom. The molecule has 1 fully saturated rings. The van der Waals surface area contributed by atoms with E-state index in [0.717, 1.165) is 52.7 Å². The van der Waals surface area contributed by atoms with Crippen LogP contribution in [-0.2, 0) is 16.0 Å². The first-order valence-corrected chi connectivity index (χ1v) is 13.1. The monoisotopic (exact) mass is 522 g/mol. The molecule has 8 nitrogen and oxygen atoms in total. The Morgan fingerprint density at radius 3 is 2.45 bits per heavy atom. The smallest absolute Gasteiger partial charge is 0.419 e. The van der Waals surface area contributed by atoms with Crippen LogP contribution < -0.4 is 4.74 Å². The highest BCUT2D eigenvalue weighted by Crippen LogP contribution is 2.38. The fourth-order valence-electron chi connectivity index (χ4n) is 5.33. The Hall–Kier alpha value is -3.36. The van der Waals surface area contributed by atoms with Gasteiger partial charge in [0, 0.05) is 42.9 Å². The minimum Gasteiger partial charge on any atom is -0.496 e. The van der Waals surface area contributed by atoms with Gasteiger partial charge in [0.15, 0.2) is 0 Å². The highest BCUT2D eigenvalue weighted by atomic mass is 16.6. The molecule has 0 radical (unpaired) electrons. The van der Waals surface area contributed by atoms with E-state index in [1.807, 2.05) is 58.9 Å². The third-order valence-electron chi connectivity index (χ3n) is 7.01. The summed E-state index contributed by atoms with van der Waals surface area (Å²) < 4.78 is 19.0. The molecule has 4 rings (SSSR count). The van der Waals surface area contributed by atoms with Crippen LogP contribution in [-0.4, -0.2) is 58.6 Å². The average molecular weight is 523 g/mol. The van der Waals surface area contributed by atoms with Gasteiger partial charge in [-0.15, -0.1) is 0 Å². The predicted octanol–water partition coefficient (Wildman–Crippen LogP) is 6.18. The first-order chi connectivity index (χ1) is 18.0. The summed E-state index contributed by atoms with van der Waals surface area (Å²) >= 11 is 0. The third-order valence-corrected chi connectivity index (χ3v) is 7.01. The van der Waals surface area contributed by atoms with E-state index in [1.54, 1.807) is 30.0 Å². The molecule has 2 aromatic carbocycles. The number of piperidine rings is 1. The van der Waals surface area contributed by atoms with E-state index in [2.05, 4.69) is 4.90 Å². The summed E-state index contributed by atoms with van der Waals surface area (Å²) in [4.78, 5) is 26.8. The van der Waals surface area contributed by atoms with Crippen molar-refractivity contribution < 1.29 is 28.9 Å². The van der Waals surface area contributed by atoms with E-state index < -0.39 is 17.7 Å².